The quantitative estimate of drug-likeness (QED) is 0.759. The molecule has 0 amide bonds. The highest BCUT2D eigenvalue weighted by atomic mass is 14.9. The number of likely N-dealkylation sites (N-methyl/N-ethyl adjacent to an activating group) is 1. The molecule has 0 bridgehead atoms. The number of hydrogen-bond donors (Lipinski definition) is 1. The second kappa shape index (κ2) is 4.84. The first-order chi connectivity index (χ1) is 7.36. The summed E-state index contributed by atoms with van der Waals surface area (Å²) in [5.41, 5.74) is 4.01. The molecule has 0 saturated carbocycles. The van der Waals surface area contributed by atoms with Crippen LogP contribution in [0.4, 0.5) is 0 Å². The summed E-state index contributed by atoms with van der Waals surface area (Å²) in [7, 11) is 1.97. The van der Waals surface area contributed by atoms with Crippen molar-refractivity contribution in [3.8, 4) is 0 Å². The average molecular weight is 217 g/mol. The molecule has 0 aliphatic carbocycles. The van der Waals surface area contributed by atoms with Crippen LogP contribution >= 0.6 is 0 Å². The van der Waals surface area contributed by atoms with E-state index in [9.17, 15) is 0 Å². The Morgan fingerprint density at radius 3 is 2.00 bits per heavy atom. The lowest BCUT2D eigenvalue weighted by Gasteiger charge is -2.21. The minimum Gasteiger partial charge on any atom is -0.310 e. The number of nitrogens with one attached hydrogen (secondary N) is 1. The highest BCUT2D eigenvalue weighted by Crippen LogP contribution is 2.25. The molecule has 88 valence electrons. The summed E-state index contributed by atoms with van der Waals surface area (Å²) in [6.45, 7) is 12.8. The van der Waals surface area contributed by atoms with Gasteiger partial charge in [0.15, 0.2) is 0 Å². The van der Waals surface area contributed by atoms with Gasteiger partial charge in [-0.05, 0) is 30.5 Å². The van der Waals surface area contributed by atoms with Crippen molar-refractivity contribution >= 4 is 0 Å². The van der Waals surface area contributed by atoms with Crippen LogP contribution in [0.15, 0.2) is 36.4 Å². The van der Waals surface area contributed by atoms with Crippen LogP contribution < -0.4 is 5.32 Å². The standard InChI is InChI=1S/C15H23N/c1-11(2)14(16-6)12-7-9-13(10-8-12)15(3,4)5/h7-10,14,16H,1H2,2-6H3. The van der Waals surface area contributed by atoms with Gasteiger partial charge in [-0.15, -0.1) is 0 Å². The van der Waals surface area contributed by atoms with Gasteiger partial charge in [-0.2, -0.15) is 0 Å². The van der Waals surface area contributed by atoms with E-state index in [1.165, 1.54) is 11.1 Å². The first-order valence-corrected chi connectivity index (χ1v) is 5.79. The van der Waals surface area contributed by atoms with E-state index in [0.29, 0.717) is 0 Å². The Morgan fingerprint density at radius 1 is 1.19 bits per heavy atom. The smallest absolute Gasteiger partial charge is 0.0528 e. The fourth-order valence-corrected chi connectivity index (χ4v) is 1.87. The maximum Gasteiger partial charge on any atom is 0.0528 e. The van der Waals surface area contributed by atoms with Gasteiger partial charge < -0.3 is 5.32 Å². The van der Waals surface area contributed by atoms with Crippen LogP contribution in [0.3, 0.4) is 0 Å². The molecule has 1 nitrogen and oxygen atoms in total. The predicted molar refractivity (Wildman–Crippen MR) is 71.8 cm³/mol. The van der Waals surface area contributed by atoms with Gasteiger partial charge in [0.2, 0.25) is 0 Å². The van der Waals surface area contributed by atoms with E-state index < -0.39 is 0 Å². The monoisotopic (exact) mass is 217 g/mol. The van der Waals surface area contributed by atoms with Crippen LogP contribution in [0.1, 0.15) is 44.9 Å². The van der Waals surface area contributed by atoms with Crippen molar-refractivity contribution in [1.29, 1.82) is 0 Å². The summed E-state index contributed by atoms with van der Waals surface area (Å²) >= 11 is 0. The van der Waals surface area contributed by atoms with Gasteiger partial charge in [0.25, 0.3) is 0 Å². The molecule has 1 aromatic carbocycles. The summed E-state index contributed by atoms with van der Waals surface area (Å²) in [6, 6.07) is 9.06. The Hall–Kier alpha value is -1.08. The molecule has 1 aromatic rings. The number of rotatable bonds is 3. The van der Waals surface area contributed by atoms with Crippen LogP contribution in [-0.2, 0) is 5.41 Å². The van der Waals surface area contributed by atoms with E-state index in [1.54, 1.807) is 0 Å². The van der Waals surface area contributed by atoms with Crippen molar-refractivity contribution in [3.05, 3.63) is 47.5 Å². The third-order valence-electron chi connectivity index (χ3n) is 2.89. The number of benzene rings is 1. The molecule has 1 N–H and O–H groups in total. The summed E-state index contributed by atoms with van der Waals surface area (Å²) in [6.07, 6.45) is 0. The van der Waals surface area contributed by atoms with Crippen LogP contribution in [-0.4, -0.2) is 7.05 Å². The highest BCUT2D eigenvalue weighted by Gasteiger charge is 2.15. The van der Waals surface area contributed by atoms with E-state index >= 15 is 0 Å². The molecule has 0 aliphatic rings. The minimum absolute atomic E-state index is 0.219. The van der Waals surface area contributed by atoms with Crippen molar-refractivity contribution in [2.45, 2.75) is 39.2 Å². The molecule has 0 heterocycles. The van der Waals surface area contributed by atoms with Gasteiger partial charge in [-0.25, -0.2) is 0 Å². The summed E-state index contributed by atoms with van der Waals surface area (Å²) in [5.74, 6) is 0. The molecule has 0 radical (unpaired) electrons. The van der Waals surface area contributed by atoms with Crippen molar-refractivity contribution in [3.63, 3.8) is 0 Å². The van der Waals surface area contributed by atoms with Gasteiger partial charge in [-0.3, -0.25) is 0 Å². The molecule has 0 fully saturated rings. The normalized spacial score (nSPS) is 13.6. The third-order valence-corrected chi connectivity index (χ3v) is 2.89. The summed E-state index contributed by atoms with van der Waals surface area (Å²) in [5, 5.41) is 3.28. The Labute approximate surface area is 99.6 Å². The van der Waals surface area contributed by atoms with Gasteiger partial charge in [-0.1, -0.05) is 57.2 Å². The van der Waals surface area contributed by atoms with Gasteiger partial charge in [0, 0.05) is 0 Å². The summed E-state index contributed by atoms with van der Waals surface area (Å²) < 4.78 is 0. The Morgan fingerprint density at radius 2 is 1.69 bits per heavy atom. The largest absolute Gasteiger partial charge is 0.310 e. The van der Waals surface area contributed by atoms with E-state index in [4.69, 9.17) is 0 Å². The first kappa shape index (κ1) is 13.0. The van der Waals surface area contributed by atoms with Gasteiger partial charge in [0.1, 0.15) is 0 Å². The molecule has 0 aliphatic heterocycles. The summed E-state index contributed by atoms with van der Waals surface area (Å²) in [4.78, 5) is 0. The van der Waals surface area contributed by atoms with Crippen LogP contribution in [0.25, 0.3) is 0 Å². The Kier molecular flexibility index (Phi) is 3.93. The van der Waals surface area contributed by atoms with Crippen molar-refractivity contribution in [2.24, 2.45) is 0 Å². The first-order valence-electron chi connectivity index (χ1n) is 5.79. The zero-order valence-corrected chi connectivity index (χ0v) is 11.1. The fraction of sp³-hybridized carbons (Fsp3) is 0.467. The molecule has 1 rings (SSSR count). The van der Waals surface area contributed by atoms with Crippen molar-refractivity contribution in [2.75, 3.05) is 7.05 Å². The maximum absolute atomic E-state index is 4.01. The predicted octanol–water partition coefficient (Wildman–Crippen LogP) is 3.82. The molecule has 1 unspecified atom stereocenters. The average Bonchev–Trinajstić information content (AvgIpc) is 2.17. The lowest BCUT2D eigenvalue weighted by Crippen LogP contribution is -2.17. The zero-order chi connectivity index (χ0) is 12.3. The van der Waals surface area contributed by atoms with E-state index in [-0.39, 0.29) is 11.5 Å². The Balaban J connectivity index is 2.98. The molecule has 16 heavy (non-hydrogen) atoms. The minimum atomic E-state index is 0.219. The van der Waals surface area contributed by atoms with Gasteiger partial charge in [0.05, 0.1) is 6.04 Å². The lowest BCUT2D eigenvalue weighted by atomic mass is 9.86. The third kappa shape index (κ3) is 2.96. The lowest BCUT2D eigenvalue weighted by molar-refractivity contribution is 0.589. The second-order valence-electron chi connectivity index (χ2n) is 5.44. The molecule has 0 saturated heterocycles. The van der Waals surface area contributed by atoms with E-state index in [2.05, 4.69) is 63.9 Å². The van der Waals surface area contributed by atoms with Crippen molar-refractivity contribution < 1.29 is 0 Å². The van der Waals surface area contributed by atoms with Crippen LogP contribution in [0.2, 0.25) is 0 Å². The Bertz CT molecular complexity index is 354. The molecule has 1 heteroatoms. The SMILES string of the molecule is C=C(C)C(NC)c1ccc(C(C)(C)C)cc1. The van der Waals surface area contributed by atoms with E-state index in [0.717, 1.165) is 5.57 Å². The zero-order valence-electron chi connectivity index (χ0n) is 11.1. The van der Waals surface area contributed by atoms with Gasteiger partial charge >= 0.3 is 0 Å². The second-order valence-corrected chi connectivity index (χ2v) is 5.44. The number of hydrogen-bond acceptors (Lipinski definition) is 1. The molecular formula is C15H23N. The van der Waals surface area contributed by atoms with Crippen LogP contribution in [0, 0.1) is 0 Å². The highest BCUT2D eigenvalue weighted by molar-refractivity contribution is 5.32. The topological polar surface area (TPSA) is 12.0 Å². The molecule has 0 aromatic heterocycles. The van der Waals surface area contributed by atoms with Crippen LogP contribution in [0.5, 0.6) is 0 Å². The van der Waals surface area contributed by atoms with E-state index in [1.807, 2.05) is 7.05 Å². The molecule has 0 spiro atoms. The molecular weight excluding hydrogens is 194 g/mol. The maximum atomic E-state index is 4.01. The fourth-order valence-electron chi connectivity index (χ4n) is 1.87. The molecule has 1 atom stereocenters. The van der Waals surface area contributed by atoms with Crippen molar-refractivity contribution in [1.82, 2.24) is 5.32 Å².